The minimum atomic E-state index is 0.326. The first-order valence-corrected chi connectivity index (χ1v) is 6.64. The van der Waals surface area contributed by atoms with E-state index in [4.69, 9.17) is 4.74 Å². The zero-order chi connectivity index (χ0) is 10.3. The Labute approximate surface area is 92.8 Å². The molecule has 3 aliphatic rings. The fourth-order valence-corrected chi connectivity index (χ4v) is 3.60. The second kappa shape index (κ2) is 3.74. The van der Waals surface area contributed by atoms with Gasteiger partial charge in [-0.25, -0.2) is 0 Å². The summed E-state index contributed by atoms with van der Waals surface area (Å²) in [7, 11) is 2.14. The Morgan fingerprint density at radius 1 is 1.20 bits per heavy atom. The molecular weight excluding hydrogens is 186 g/mol. The topological polar surface area (TPSA) is 21.3 Å². The van der Waals surface area contributed by atoms with E-state index in [-0.39, 0.29) is 0 Å². The van der Waals surface area contributed by atoms with E-state index >= 15 is 0 Å². The highest BCUT2D eigenvalue weighted by Crippen LogP contribution is 2.47. The van der Waals surface area contributed by atoms with Crippen molar-refractivity contribution in [1.82, 2.24) is 5.32 Å². The average molecular weight is 209 g/mol. The fourth-order valence-electron chi connectivity index (χ4n) is 3.60. The van der Waals surface area contributed by atoms with Crippen molar-refractivity contribution in [1.29, 1.82) is 0 Å². The van der Waals surface area contributed by atoms with E-state index in [1.165, 1.54) is 44.9 Å². The van der Waals surface area contributed by atoms with Gasteiger partial charge in [0, 0.05) is 12.6 Å². The number of rotatable bonds is 3. The van der Waals surface area contributed by atoms with Crippen LogP contribution in [0.15, 0.2) is 0 Å². The van der Waals surface area contributed by atoms with Crippen molar-refractivity contribution in [3.05, 3.63) is 0 Å². The third-order valence-corrected chi connectivity index (χ3v) is 4.77. The van der Waals surface area contributed by atoms with Crippen LogP contribution in [0.25, 0.3) is 0 Å². The van der Waals surface area contributed by atoms with Crippen LogP contribution in [0.4, 0.5) is 0 Å². The second-order valence-corrected chi connectivity index (χ2v) is 5.79. The van der Waals surface area contributed by atoms with E-state index in [0.717, 1.165) is 24.5 Å². The maximum Gasteiger partial charge on any atom is 0.0685 e. The quantitative estimate of drug-likeness (QED) is 0.770. The molecule has 1 spiro atoms. The molecule has 2 atom stereocenters. The van der Waals surface area contributed by atoms with E-state index in [0.29, 0.717) is 5.60 Å². The van der Waals surface area contributed by atoms with Gasteiger partial charge in [-0.3, -0.25) is 0 Å². The molecule has 2 heteroatoms. The minimum Gasteiger partial charge on any atom is -0.375 e. The van der Waals surface area contributed by atoms with Crippen LogP contribution in [0.5, 0.6) is 0 Å². The van der Waals surface area contributed by atoms with Gasteiger partial charge in [0.1, 0.15) is 0 Å². The summed E-state index contributed by atoms with van der Waals surface area (Å²) < 4.78 is 6.00. The predicted molar refractivity (Wildman–Crippen MR) is 60.8 cm³/mol. The molecule has 0 radical (unpaired) electrons. The molecule has 0 bridgehead atoms. The van der Waals surface area contributed by atoms with E-state index < -0.39 is 0 Å². The van der Waals surface area contributed by atoms with Crippen molar-refractivity contribution >= 4 is 0 Å². The molecule has 1 N–H and O–H groups in total. The van der Waals surface area contributed by atoms with Crippen molar-refractivity contribution in [3.8, 4) is 0 Å². The van der Waals surface area contributed by atoms with Gasteiger partial charge in [-0.2, -0.15) is 0 Å². The van der Waals surface area contributed by atoms with Gasteiger partial charge in [0.05, 0.1) is 5.60 Å². The maximum absolute atomic E-state index is 6.00. The summed E-state index contributed by atoms with van der Waals surface area (Å²) in [5.74, 6) is 1.87. The second-order valence-electron chi connectivity index (χ2n) is 5.79. The van der Waals surface area contributed by atoms with E-state index in [1.54, 1.807) is 0 Å². The molecular formula is C13H23NO. The van der Waals surface area contributed by atoms with Gasteiger partial charge in [0.25, 0.3) is 0 Å². The number of hydrogen-bond donors (Lipinski definition) is 1. The van der Waals surface area contributed by atoms with Gasteiger partial charge < -0.3 is 10.1 Å². The molecule has 15 heavy (non-hydrogen) atoms. The Bertz CT molecular complexity index is 233. The van der Waals surface area contributed by atoms with Gasteiger partial charge in [0.15, 0.2) is 0 Å². The minimum absolute atomic E-state index is 0.326. The molecule has 0 aromatic rings. The van der Waals surface area contributed by atoms with Gasteiger partial charge in [-0.1, -0.05) is 0 Å². The Hall–Kier alpha value is -0.0800. The number of hydrogen-bond acceptors (Lipinski definition) is 2. The summed E-state index contributed by atoms with van der Waals surface area (Å²) in [5.41, 5.74) is 0.326. The van der Waals surface area contributed by atoms with Crippen molar-refractivity contribution < 1.29 is 4.74 Å². The summed E-state index contributed by atoms with van der Waals surface area (Å²) in [4.78, 5) is 0. The molecule has 2 aliphatic carbocycles. The number of ether oxygens (including phenoxy) is 1. The Morgan fingerprint density at radius 2 is 2.00 bits per heavy atom. The molecule has 0 amide bonds. The molecule has 2 unspecified atom stereocenters. The Kier molecular flexibility index (Phi) is 2.52. The van der Waals surface area contributed by atoms with Crippen LogP contribution in [0.3, 0.4) is 0 Å². The normalized spacial score (nSPS) is 36.2. The van der Waals surface area contributed by atoms with Gasteiger partial charge in [-0.15, -0.1) is 0 Å². The lowest BCUT2D eigenvalue weighted by molar-refractivity contribution is -0.147. The van der Waals surface area contributed by atoms with Crippen molar-refractivity contribution in [2.45, 2.75) is 56.6 Å². The zero-order valence-corrected chi connectivity index (χ0v) is 9.80. The van der Waals surface area contributed by atoms with Crippen LogP contribution in [0.1, 0.15) is 44.9 Å². The summed E-state index contributed by atoms with van der Waals surface area (Å²) in [5, 5.41) is 3.56. The molecule has 86 valence electrons. The van der Waals surface area contributed by atoms with Crippen LogP contribution >= 0.6 is 0 Å². The van der Waals surface area contributed by atoms with Crippen LogP contribution in [0.2, 0.25) is 0 Å². The molecule has 2 saturated carbocycles. The van der Waals surface area contributed by atoms with E-state index in [9.17, 15) is 0 Å². The average Bonchev–Trinajstić information content (AvgIpc) is 3.01. The van der Waals surface area contributed by atoms with Gasteiger partial charge in [-0.05, 0) is 63.8 Å². The van der Waals surface area contributed by atoms with Crippen LogP contribution in [0, 0.1) is 11.8 Å². The monoisotopic (exact) mass is 209 g/mol. The SMILES string of the molecule is CNC(C1CC1)C1CCOC2(CCC2)C1. The third kappa shape index (κ3) is 1.83. The van der Waals surface area contributed by atoms with Crippen molar-refractivity contribution in [3.63, 3.8) is 0 Å². The summed E-state index contributed by atoms with van der Waals surface area (Å²) in [6.45, 7) is 1.01. The molecule has 1 saturated heterocycles. The first-order valence-electron chi connectivity index (χ1n) is 6.64. The largest absolute Gasteiger partial charge is 0.375 e. The van der Waals surface area contributed by atoms with Crippen LogP contribution < -0.4 is 5.32 Å². The van der Waals surface area contributed by atoms with E-state index in [2.05, 4.69) is 12.4 Å². The lowest BCUT2D eigenvalue weighted by Crippen LogP contribution is -2.50. The fraction of sp³-hybridized carbons (Fsp3) is 1.00. The zero-order valence-electron chi connectivity index (χ0n) is 9.80. The molecule has 2 nitrogen and oxygen atoms in total. The van der Waals surface area contributed by atoms with Gasteiger partial charge in [0.2, 0.25) is 0 Å². The number of nitrogens with one attached hydrogen (secondary N) is 1. The Morgan fingerprint density at radius 3 is 2.53 bits per heavy atom. The summed E-state index contributed by atoms with van der Waals surface area (Å²) in [6.07, 6.45) is 9.56. The maximum atomic E-state index is 6.00. The van der Waals surface area contributed by atoms with Gasteiger partial charge >= 0.3 is 0 Å². The molecule has 3 fully saturated rings. The first kappa shape index (κ1) is 10.1. The molecule has 3 rings (SSSR count). The predicted octanol–water partition coefficient (Wildman–Crippen LogP) is 2.33. The lowest BCUT2D eigenvalue weighted by atomic mass is 9.70. The molecule has 1 heterocycles. The van der Waals surface area contributed by atoms with Crippen molar-refractivity contribution in [2.24, 2.45) is 11.8 Å². The molecule has 0 aromatic heterocycles. The van der Waals surface area contributed by atoms with Crippen LogP contribution in [-0.2, 0) is 4.74 Å². The highest BCUT2D eigenvalue weighted by molar-refractivity contribution is 4.99. The highest BCUT2D eigenvalue weighted by atomic mass is 16.5. The summed E-state index contributed by atoms with van der Waals surface area (Å²) >= 11 is 0. The van der Waals surface area contributed by atoms with Crippen molar-refractivity contribution in [2.75, 3.05) is 13.7 Å². The summed E-state index contributed by atoms with van der Waals surface area (Å²) in [6, 6.07) is 0.784. The third-order valence-electron chi connectivity index (χ3n) is 4.77. The standard InChI is InChI=1S/C13H23NO/c1-14-12(10-3-4-10)11-5-8-15-13(9-11)6-2-7-13/h10-12,14H,2-9H2,1H3. The first-order chi connectivity index (χ1) is 7.33. The highest BCUT2D eigenvalue weighted by Gasteiger charge is 2.46. The van der Waals surface area contributed by atoms with E-state index in [1.807, 2.05) is 0 Å². The molecule has 0 aromatic carbocycles. The smallest absolute Gasteiger partial charge is 0.0685 e. The Balaban J connectivity index is 1.64. The van der Waals surface area contributed by atoms with Crippen LogP contribution in [-0.4, -0.2) is 25.3 Å². The molecule has 1 aliphatic heterocycles. The lowest BCUT2D eigenvalue weighted by Gasteiger charge is -2.49.